The zero-order valence-corrected chi connectivity index (χ0v) is 10.7. The molecule has 0 heterocycles. The standard InChI is InChI=1S/C12H18BrNO/c1-15-9-11-6-5-10(8-12(11)13)4-2-3-7-14/h5-6,8H,2-4,7,9,14H2,1H3. The van der Waals surface area contributed by atoms with Gasteiger partial charge >= 0.3 is 0 Å². The van der Waals surface area contributed by atoms with Gasteiger partial charge in [0.2, 0.25) is 0 Å². The first-order valence-corrected chi connectivity index (χ1v) is 6.03. The second kappa shape index (κ2) is 6.99. The van der Waals surface area contributed by atoms with Crippen LogP contribution in [0.3, 0.4) is 0 Å². The molecule has 1 aromatic rings. The zero-order chi connectivity index (χ0) is 11.1. The van der Waals surface area contributed by atoms with Gasteiger partial charge in [-0.2, -0.15) is 0 Å². The lowest BCUT2D eigenvalue weighted by atomic mass is 10.1. The highest BCUT2D eigenvalue weighted by Crippen LogP contribution is 2.20. The van der Waals surface area contributed by atoms with Gasteiger partial charge in [-0.25, -0.2) is 0 Å². The van der Waals surface area contributed by atoms with Crippen LogP contribution in [0.25, 0.3) is 0 Å². The summed E-state index contributed by atoms with van der Waals surface area (Å²) in [5, 5.41) is 0. The normalized spacial score (nSPS) is 10.6. The number of hydrogen-bond donors (Lipinski definition) is 1. The molecule has 0 aliphatic carbocycles. The van der Waals surface area contributed by atoms with Crippen molar-refractivity contribution in [2.24, 2.45) is 5.73 Å². The summed E-state index contributed by atoms with van der Waals surface area (Å²) in [6.07, 6.45) is 3.35. The Morgan fingerprint density at radius 2 is 2.13 bits per heavy atom. The topological polar surface area (TPSA) is 35.2 Å². The first kappa shape index (κ1) is 12.7. The number of nitrogens with two attached hydrogens (primary N) is 1. The van der Waals surface area contributed by atoms with E-state index in [1.54, 1.807) is 7.11 Å². The Morgan fingerprint density at radius 3 is 2.73 bits per heavy atom. The van der Waals surface area contributed by atoms with Gasteiger partial charge < -0.3 is 10.5 Å². The summed E-state index contributed by atoms with van der Waals surface area (Å²) in [5.41, 5.74) is 8.01. The number of aryl methyl sites for hydroxylation is 1. The van der Waals surface area contributed by atoms with Crippen molar-refractivity contribution in [1.29, 1.82) is 0 Å². The van der Waals surface area contributed by atoms with Crippen molar-refractivity contribution >= 4 is 15.9 Å². The van der Waals surface area contributed by atoms with Gasteiger partial charge in [0, 0.05) is 11.6 Å². The fraction of sp³-hybridized carbons (Fsp3) is 0.500. The van der Waals surface area contributed by atoms with Crippen LogP contribution in [-0.4, -0.2) is 13.7 Å². The molecule has 2 nitrogen and oxygen atoms in total. The smallest absolute Gasteiger partial charge is 0.0724 e. The highest BCUT2D eigenvalue weighted by atomic mass is 79.9. The van der Waals surface area contributed by atoms with Crippen molar-refractivity contribution in [2.75, 3.05) is 13.7 Å². The third-order valence-corrected chi connectivity index (χ3v) is 3.08. The Morgan fingerprint density at radius 1 is 1.33 bits per heavy atom. The molecule has 0 radical (unpaired) electrons. The van der Waals surface area contributed by atoms with E-state index in [0.717, 1.165) is 30.3 Å². The van der Waals surface area contributed by atoms with Gasteiger partial charge in [-0.15, -0.1) is 0 Å². The summed E-state index contributed by atoms with van der Waals surface area (Å²) in [5.74, 6) is 0. The SMILES string of the molecule is COCc1ccc(CCCCN)cc1Br. The van der Waals surface area contributed by atoms with E-state index in [1.807, 2.05) is 0 Å². The number of rotatable bonds is 6. The van der Waals surface area contributed by atoms with E-state index < -0.39 is 0 Å². The van der Waals surface area contributed by atoms with Crippen LogP contribution in [0.4, 0.5) is 0 Å². The van der Waals surface area contributed by atoms with E-state index >= 15 is 0 Å². The lowest BCUT2D eigenvalue weighted by Gasteiger charge is -2.06. The van der Waals surface area contributed by atoms with Crippen LogP contribution in [0.15, 0.2) is 22.7 Å². The molecular formula is C12H18BrNO. The fourth-order valence-electron chi connectivity index (χ4n) is 1.49. The molecule has 0 aliphatic rings. The molecule has 0 saturated carbocycles. The minimum atomic E-state index is 0.656. The Labute approximate surface area is 99.9 Å². The van der Waals surface area contributed by atoms with Crippen LogP contribution >= 0.6 is 15.9 Å². The summed E-state index contributed by atoms with van der Waals surface area (Å²) in [6.45, 7) is 1.44. The van der Waals surface area contributed by atoms with Crippen LogP contribution in [0.2, 0.25) is 0 Å². The molecule has 1 rings (SSSR count). The van der Waals surface area contributed by atoms with Gasteiger partial charge in [-0.3, -0.25) is 0 Å². The number of ether oxygens (including phenoxy) is 1. The second-order valence-electron chi connectivity index (χ2n) is 3.60. The maximum absolute atomic E-state index is 5.46. The molecule has 0 atom stereocenters. The van der Waals surface area contributed by atoms with Gasteiger partial charge in [0.15, 0.2) is 0 Å². The lowest BCUT2D eigenvalue weighted by Crippen LogP contribution is -1.99. The van der Waals surface area contributed by atoms with Crippen LogP contribution in [0.5, 0.6) is 0 Å². The third-order valence-electron chi connectivity index (χ3n) is 2.34. The predicted molar refractivity (Wildman–Crippen MR) is 66.8 cm³/mol. The van der Waals surface area contributed by atoms with Gasteiger partial charge in [0.05, 0.1) is 6.61 Å². The summed E-state index contributed by atoms with van der Waals surface area (Å²) in [4.78, 5) is 0. The first-order chi connectivity index (χ1) is 7.27. The molecule has 0 aromatic heterocycles. The van der Waals surface area contributed by atoms with Gasteiger partial charge in [0.1, 0.15) is 0 Å². The van der Waals surface area contributed by atoms with E-state index in [1.165, 1.54) is 11.1 Å². The highest BCUT2D eigenvalue weighted by molar-refractivity contribution is 9.10. The number of benzene rings is 1. The quantitative estimate of drug-likeness (QED) is 0.808. The molecule has 0 amide bonds. The molecule has 0 saturated heterocycles. The largest absolute Gasteiger partial charge is 0.380 e. The van der Waals surface area contributed by atoms with Crippen LogP contribution in [0.1, 0.15) is 24.0 Å². The van der Waals surface area contributed by atoms with Crippen molar-refractivity contribution in [2.45, 2.75) is 25.9 Å². The molecule has 84 valence electrons. The molecule has 0 fully saturated rings. The van der Waals surface area contributed by atoms with Crippen LogP contribution in [-0.2, 0) is 17.8 Å². The molecule has 2 N–H and O–H groups in total. The number of methoxy groups -OCH3 is 1. The van der Waals surface area contributed by atoms with Crippen LogP contribution < -0.4 is 5.73 Å². The van der Waals surface area contributed by atoms with Crippen molar-refractivity contribution in [1.82, 2.24) is 0 Å². The monoisotopic (exact) mass is 271 g/mol. The van der Waals surface area contributed by atoms with Crippen molar-refractivity contribution in [3.8, 4) is 0 Å². The van der Waals surface area contributed by atoms with E-state index in [-0.39, 0.29) is 0 Å². The molecule has 0 unspecified atom stereocenters. The Bertz CT molecular complexity index is 302. The van der Waals surface area contributed by atoms with Crippen molar-refractivity contribution in [3.05, 3.63) is 33.8 Å². The Kier molecular flexibility index (Phi) is 5.91. The first-order valence-electron chi connectivity index (χ1n) is 5.24. The zero-order valence-electron chi connectivity index (χ0n) is 9.13. The Hall–Kier alpha value is -0.380. The minimum absolute atomic E-state index is 0.656. The Balaban J connectivity index is 2.56. The summed E-state index contributed by atoms with van der Waals surface area (Å²) in [7, 11) is 1.71. The summed E-state index contributed by atoms with van der Waals surface area (Å²) in [6, 6.07) is 6.45. The average molecular weight is 272 g/mol. The molecule has 15 heavy (non-hydrogen) atoms. The van der Waals surface area contributed by atoms with Crippen molar-refractivity contribution < 1.29 is 4.74 Å². The fourth-order valence-corrected chi connectivity index (χ4v) is 2.03. The number of halogens is 1. The number of hydrogen-bond acceptors (Lipinski definition) is 2. The molecular weight excluding hydrogens is 254 g/mol. The van der Waals surface area contributed by atoms with E-state index in [2.05, 4.69) is 34.1 Å². The minimum Gasteiger partial charge on any atom is -0.380 e. The number of unbranched alkanes of at least 4 members (excludes halogenated alkanes) is 1. The summed E-state index contributed by atoms with van der Waals surface area (Å²) >= 11 is 3.55. The molecule has 1 aromatic carbocycles. The molecule has 3 heteroatoms. The third kappa shape index (κ3) is 4.33. The van der Waals surface area contributed by atoms with E-state index in [0.29, 0.717) is 6.61 Å². The lowest BCUT2D eigenvalue weighted by molar-refractivity contribution is 0.184. The molecule has 0 spiro atoms. The van der Waals surface area contributed by atoms with Gasteiger partial charge in [0.25, 0.3) is 0 Å². The van der Waals surface area contributed by atoms with Gasteiger partial charge in [-0.1, -0.05) is 28.1 Å². The maximum atomic E-state index is 5.46. The highest BCUT2D eigenvalue weighted by Gasteiger charge is 2.01. The van der Waals surface area contributed by atoms with Crippen molar-refractivity contribution in [3.63, 3.8) is 0 Å². The molecule has 0 aliphatic heterocycles. The van der Waals surface area contributed by atoms with E-state index in [9.17, 15) is 0 Å². The van der Waals surface area contributed by atoms with Gasteiger partial charge in [-0.05, 0) is 43.0 Å². The predicted octanol–water partition coefficient (Wildman–Crippen LogP) is 2.88. The summed E-state index contributed by atoms with van der Waals surface area (Å²) < 4.78 is 6.23. The van der Waals surface area contributed by atoms with E-state index in [4.69, 9.17) is 10.5 Å². The average Bonchev–Trinajstić information content (AvgIpc) is 2.23. The maximum Gasteiger partial charge on any atom is 0.0724 e. The van der Waals surface area contributed by atoms with Crippen LogP contribution in [0, 0.1) is 0 Å². The second-order valence-corrected chi connectivity index (χ2v) is 4.46. The molecule has 0 bridgehead atoms.